The van der Waals surface area contributed by atoms with Crippen LogP contribution in [0.5, 0.6) is 11.5 Å². The largest absolute Gasteiger partial charge is 0.493 e. The van der Waals surface area contributed by atoms with E-state index in [0.717, 1.165) is 24.3 Å². The lowest BCUT2D eigenvalue weighted by molar-refractivity contribution is 0.0509. The number of carbonyl (C=O) groups excluding carboxylic acids is 1. The Morgan fingerprint density at radius 2 is 2.23 bits per heavy atom. The minimum absolute atomic E-state index is 0.0783. The highest BCUT2D eigenvalue weighted by Crippen LogP contribution is 2.36. The van der Waals surface area contributed by atoms with Crippen LogP contribution < -0.4 is 9.47 Å². The topological polar surface area (TPSA) is 48.0 Å². The van der Waals surface area contributed by atoms with Crippen LogP contribution >= 0.6 is 22.9 Å². The van der Waals surface area contributed by atoms with E-state index in [2.05, 4.69) is 0 Å². The van der Waals surface area contributed by atoms with Crippen LogP contribution in [-0.2, 0) is 11.3 Å². The Kier molecular flexibility index (Phi) is 6.40. The maximum Gasteiger partial charge on any atom is 0.254 e. The van der Waals surface area contributed by atoms with E-state index in [1.54, 1.807) is 23.5 Å². The molecule has 2 heterocycles. The number of thiophene rings is 1. The van der Waals surface area contributed by atoms with E-state index in [4.69, 9.17) is 25.8 Å². The first kappa shape index (κ1) is 19.0. The van der Waals surface area contributed by atoms with Crippen molar-refractivity contribution in [2.45, 2.75) is 25.5 Å². The Morgan fingerprint density at radius 3 is 2.85 bits per heavy atom. The van der Waals surface area contributed by atoms with Crippen molar-refractivity contribution in [2.75, 3.05) is 27.4 Å². The molecule has 0 bridgehead atoms. The number of benzene rings is 1. The van der Waals surface area contributed by atoms with Gasteiger partial charge in [0.15, 0.2) is 11.5 Å². The summed E-state index contributed by atoms with van der Waals surface area (Å²) in [6.45, 7) is 1.86. The molecule has 1 fully saturated rings. The van der Waals surface area contributed by atoms with Crippen LogP contribution in [0, 0.1) is 0 Å². The summed E-state index contributed by atoms with van der Waals surface area (Å²) in [7, 11) is 3.05. The Morgan fingerprint density at radius 1 is 1.38 bits per heavy atom. The lowest BCUT2D eigenvalue weighted by Gasteiger charge is -2.25. The van der Waals surface area contributed by atoms with Crippen molar-refractivity contribution in [1.29, 1.82) is 0 Å². The number of methoxy groups -OCH3 is 2. The highest BCUT2D eigenvalue weighted by atomic mass is 35.5. The zero-order valence-corrected chi connectivity index (χ0v) is 16.4. The lowest BCUT2D eigenvalue weighted by Crippen LogP contribution is -2.36. The number of ether oxygens (including phenoxy) is 3. The van der Waals surface area contributed by atoms with Gasteiger partial charge in [0.05, 0.1) is 31.9 Å². The van der Waals surface area contributed by atoms with Crippen molar-refractivity contribution in [3.05, 3.63) is 45.1 Å². The molecule has 2 aromatic rings. The lowest BCUT2D eigenvalue weighted by atomic mass is 10.1. The summed E-state index contributed by atoms with van der Waals surface area (Å²) in [5.41, 5.74) is 0.474. The van der Waals surface area contributed by atoms with Crippen molar-refractivity contribution in [3.8, 4) is 11.5 Å². The van der Waals surface area contributed by atoms with Crippen LogP contribution in [0.1, 0.15) is 28.1 Å². The summed E-state index contributed by atoms with van der Waals surface area (Å²) in [6.07, 6.45) is 2.09. The molecule has 26 heavy (non-hydrogen) atoms. The number of rotatable bonds is 7. The molecule has 1 unspecified atom stereocenters. The van der Waals surface area contributed by atoms with Gasteiger partial charge in [-0.05, 0) is 36.4 Å². The molecule has 7 heteroatoms. The van der Waals surface area contributed by atoms with E-state index in [1.165, 1.54) is 14.2 Å². The van der Waals surface area contributed by atoms with E-state index in [9.17, 15) is 4.79 Å². The third-order valence-electron chi connectivity index (χ3n) is 4.34. The first-order chi connectivity index (χ1) is 12.6. The normalized spacial score (nSPS) is 16.5. The molecule has 1 aliphatic rings. The number of carbonyl (C=O) groups is 1. The monoisotopic (exact) mass is 395 g/mol. The molecule has 1 aromatic heterocycles. The van der Waals surface area contributed by atoms with E-state index in [0.29, 0.717) is 35.2 Å². The number of hydrogen-bond acceptors (Lipinski definition) is 5. The van der Waals surface area contributed by atoms with Crippen LogP contribution in [0.15, 0.2) is 29.6 Å². The number of halogens is 1. The van der Waals surface area contributed by atoms with Gasteiger partial charge < -0.3 is 19.1 Å². The third kappa shape index (κ3) is 4.31. The second kappa shape index (κ2) is 8.75. The minimum atomic E-state index is -0.100. The van der Waals surface area contributed by atoms with Crippen LogP contribution in [0.3, 0.4) is 0 Å². The quantitative estimate of drug-likeness (QED) is 0.703. The molecule has 5 nitrogen and oxygen atoms in total. The van der Waals surface area contributed by atoms with E-state index < -0.39 is 0 Å². The van der Waals surface area contributed by atoms with Crippen molar-refractivity contribution in [2.24, 2.45) is 0 Å². The van der Waals surface area contributed by atoms with Crippen LogP contribution in [0.2, 0.25) is 5.02 Å². The second-order valence-electron chi connectivity index (χ2n) is 6.09. The van der Waals surface area contributed by atoms with Crippen molar-refractivity contribution in [3.63, 3.8) is 0 Å². The molecule has 0 spiro atoms. The highest BCUT2D eigenvalue weighted by molar-refractivity contribution is 7.09. The molecular weight excluding hydrogens is 374 g/mol. The van der Waals surface area contributed by atoms with Gasteiger partial charge >= 0.3 is 0 Å². The summed E-state index contributed by atoms with van der Waals surface area (Å²) >= 11 is 7.91. The van der Waals surface area contributed by atoms with Gasteiger partial charge in [0, 0.05) is 23.6 Å². The number of nitrogens with zero attached hydrogens (tertiary/aromatic N) is 1. The fourth-order valence-corrected chi connectivity index (χ4v) is 4.08. The molecule has 0 N–H and O–H groups in total. The third-order valence-corrected chi connectivity index (χ3v) is 5.48. The fourth-order valence-electron chi connectivity index (χ4n) is 3.07. The van der Waals surface area contributed by atoms with Gasteiger partial charge in [-0.25, -0.2) is 0 Å². The molecule has 1 aromatic carbocycles. The summed E-state index contributed by atoms with van der Waals surface area (Å²) in [5.74, 6) is 0.767. The second-order valence-corrected chi connectivity index (χ2v) is 7.53. The summed E-state index contributed by atoms with van der Waals surface area (Å²) in [4.78, 5) is 16.1. The van der Waals surface area contributed by atoms with Crippen LogP contribution in [-0.4, -0.2) is 44.3 Å². The number of hydrogen-bond donors (Lipinski definition) is 0. The van der Waals surface area contributed by atoms with Gasteiger partial charge in [-0.15, -0.1) is 11.3 Å². The molecule has 3 rings (SSSR count). The maximum absolute atomic E-state index is 13.2. The number of amides is 1. The SMILES string of the molecule is COc1cc(C(=O)N(Cc2cccs2)CC2CCCO2)cc(Cl)c1OC. The Hall–Kier alpha value is -1.76. The summed E-state index contributed by atoms with van der Waals surface area (Å²) < 4.78 is 16.3. The molecule has 1 aliphatic heterocycles. The van der Waals surface area contributed by atoms with Gasteiger partial charge in [-0.2, -0.15) is 0 Å². The first-order valence-corrected chi connectivity index (χ1v) is 9.73. The smallest absolute Gasteiger partial charge is 0.254 e. The molecular formula is C19H22ClNO4S. The molecule has 0 saturated carbocycles. The Labute approximate surface area is 162 Å². The maximum atomic E-state index is 13.2. The van der Waals surface area contributed by atoms with E-state index >= 15 is 0 Å². The average molecular weight is 396 g/mol. The summed E-state index contributed by atoms with van der Waals surface area (Å²) in [6, 6.07) is 7.32. The highest BCUT2D eigenvalue weighted by Gasteiger charge is 2.25. The van der Waals surface area contributed by atoms with Crippen LogP contribution in [0.25, 0.3) is 0 Å². The van der Waals surface area contributed by atoms with Crippen LogP contribution in [0.4, 0.5) is 0 Å². The standard InChI is InChI=1S/C19H22ClNO4S/c1-23-17-10-13(9-16(20)18(17)24-2)19(22)21(11-14-5-3-7-25-14)12-15-6-4-8-26-15/h4,6,8-10,14H,3,5,7,11-12H2,1-2H3. The molecule has 1 saturated heterocycles. The zero-order chi connectivity index (χ0) is 18.5. The van der Waals surface area contributed by atoms with Crippen molar-refractivity contribution in [1.82, 2.24) is 4.90 Å². The Bertz CT molecular complexity index is 744. The first-order valence-electron chi connectivity index (χ1n) is 8.47. The van der Waals surface area contributed by atoms with Gasteiger partial charge in [-0.3, -0.25) is 4.79 Å². The predicted octanol–water partition coefficient (Wildman–Crippen LogP) is 4.24. The van der Waals surface area contributed by atoms with Gasteiger partial charge in [-0.1, -0.05) is 17.7 Å². The molecule has 1 atom stereocenters. The average Bonchev–Trinajstić information content (AvgIpc) is 3.33. The van der Waals surface area contributed by atoms with Crippen molar-refractivity contribution >= 4 is 28.8 Å². The minimum Gasteiger partial charge on any atom is -0.493 e. The molecule has 1 amide bonds. The van der Waals surface area contributed by atoms with E-state index in [1.807, 2.05) is 22.4 Å². The van der Waals surface area contributed by atoms with Gasteiger partial charge in [0.25, 0.3) is 5.91 Å². The van der Waals surface area contributed by atoms with Gasteiger partial charge in [0.1, 0.15) is 0 Å². The van der Waals surface area contributed by atoms with E-state index in [-0.39, 0.29) is 12.0 Å². The summed E-state index contributed by atoms with van der Waals surface area (Å²) in [5, 5.41) is 2.36. The van der Waals surface area contributed by atoms with Gasteiger partial charge in [0.2, 0.25) is 0 Å². The zero-order valence-electron chi connectivity index (χ0n) is 14.9. The molecule has 0 aliphatic carbocycles. The molecule has 140 valence electrons. The predicted molar refractivity (Wildman–Crippen MR) is 103 cm³/mol. The Balaban J connectivity index is 1.87. The van der Waals surface area contributed by atoms with Crippen molar-refractivity contribution < 1.29 is 19.0 Å². The molecule has 0 radical (unpaired) electrons. The fraction of sp³-hybridized carbons (Fsp3) is 0.421.